The third kappa shape index (κ3) is 3.38. The Kier molecular flexibility index (Phi) is 4.05. The van der Waals surface area contributed by atoms with E-state index in [-0.39, 0.29) is 6.04 Å². The van der Waals surface area contributed by atoms with Gasteiger partial charge < -0.3 is 15.7 Å². The summed E-state index contributed by atoms with van der Waals surface area (Å²) in [6.45, 7) is 0.837. The minimum absolute atomic E-state index is 0.184. The van der Waals surface area contributed by atoms with Gasteiger partial charge in [0.25, 0.3) is 0 Å². The number of benzene rings is 1. The first kappa shape index (κ1) is 13.1. The third-order valence-electron chi connectivity index (χ3n) is 4.69. The molecule has 0 bridgehead atoms. The molecule has 1 aliphatic carbocycles. The molecule has 1 saturated carbocycles. The summed E-state index contributed by atoms with van der Waals surface area (Å²) < 4.78 is 8.23. The molecular formula is C17H24N2O2. The summed E-state index contributed by atoms with van der Waals surface area (Å²) in [5.74, 6) is -1.15. The normalized spacial score (nSPS) is 27.3. The molecule has 0 unspecified atom stereocenters. The second kappa shape index (κ2) is 6.48. The first-order chi connectivity index (χ1) is 10.6. The molecule has 0 amide bonds. The zero-order valence-corrected chi connectivity index (χ0v) is 12.3. The lowest BCUT2D eigenvalue weighted by Gasteiger charge is -2.30. The Balaban J connectivity index is 1.76. The Hall–Kier alpha value is -1.55. The minimum atomic E-state index is -0.753. The van der Waals surface area contributed by atoms with Gasteiger partial charge in [-0.25, -0.2) is 0 Å². The van der Waals surface area contributed by atoms with Crippen LogP contribution in [0.4, 0.5) is 5.69 Å². The van der Waals surface area contributed by atoms with Crippen molar-refractivity contribution in [1.82, 2.24) is 5.32 Å². The fourth-order valence-corrected chi connectivity index (χ4v) is 3.51. The van der Waals surface area contributed by atoms with Gasteiger partial charge in [-0.05, 0) is 49.9 Å². The van der Waals surface area contributed by atoms with Crippen LogP contribution in [0.25, 0.3) is 0 Å². The largest absolute Gasteiger partial charge is 0.481 e. The Morgan fingerprint density at radius 2 is 2.05 bits per heavy atom. The van der Waals surface area contributed by atoms with E-state index in [1.807, 2.05) is 18.2 Å². The summed E-state index contributed by atoms with van der Waals surface area (Å²) in [7, 11) is 0. The van der Waals surface area contributed by atoms with Crippen LogP contribution in [0.5, 0.6) is 0 Å². The molecule has 0 spiro atoms. The number of carbonyl (C=O) groups is 1. The third-order valence-corrected chi connectivity index (χ3v) is 4.69. The highest BCUT2D eigenvalue weighted by atomic mass is 16.4. The molecular weight excluding hydrogens is 264 g/mol. The average molecular weight is 289 g/mol. The Bertz CT molecular complexity index is 543. The predicted octanol–water partition coefficient (Wildman–Crippen LogP) is 3.17. The summed E-state index contributed by atoms with van der Waals surface area (Å²) in [6.07, 6.45) is 6.45. The molecule has 21 heavy (non-hydrogen) atoms. The first-order valence-corrected chi connectivity index (χ1v) is 7.98. The van der Waals surface area contributed by atoms with Crippen LogP contribution in [0.1, 0.15) is 51.5 Å². The highest BCUT2D eigenvalue weighted by Crippen LogP contribution is 2.30. The molecule has 4 nitrogen and oxygen atoms in total. The van der Waals surface area contributed by atoms with E-state index in [9.17, 15) is 9.90 Å². The van der Waals surface area contributed by atoms with E-state index in [2.05, 4.69) is 10.6 Å². The number of carboxylic acid groups (broad SMARTS) is 1. The van der Waals surface area contributed by atoms with Gasteiger partial charge in [-0.15, -0.1) is 0 Å². The van der Waals surface area contributed by atoms with Crippen molar-refractivity contribution in [1.29, 1.82) is 0 Å². The molecule has 0 aromatic heterocycles. The lowest BCUT2D eigenvalue weighted by molar-refractivity contribution is -0.143. The number of nitrogens with one attached hydrogen (secondary N) is 2. The zero-order chi connectivity index (χ0) is 15.5. The number of hydrogen-bond acceptors (Lipinski definition) is 3. The molecule has 1 heterocycles. The molecule has 4 heteroatoms. The average Bonchev–Trinajstić information content (AvgIpc) is 3.02. The predicted molar refractivity (Wildman–Crippen MR) is 83.4 cm³/mol. The van der Waals surface area contributed by atoms with Crippen LogP contribution in [0.15, 0.2) is 24.2 Å². The van der Waals surface area contributed by atoms with E-state index in [1.165, 1.54) is 25.7 Å². The number of hydrogen-bond donors (Lipinski definition) is 3. The van der Waals surface area contributed by atoms with Crippen LogP contribution >= 0.6 is 0 Å². The molecule has 2 aliphatic rings. The second-order valence-electron chi connectivity index (χ2n) is 6.18. The molecule has 3 N–H and O–H groups in total. The number of piperidine rings is 1. The maximum Gasteiger partial charge on any atom is 0.308 e. The molecule has 3 rings (SSSR count). The number of aliphatic carboxylic acids is 1. The number of carboxylic acids is 1. The summed E-state index contributed by atoms with van der Waals surface area (Å²) >= 11 is 0. The summed E-state index contributed by atoms with van der Waals surface area (Å²) in [5.41, 5.74) is 1.77. The first-order valence-electron chi connectivity index (χ1n) is 8.48. The van der Waals surface area contributed by atoms with E-state index >= 15 is 0 Å². The molecule has 2 fully saturated rings. The van der Waals surface area contributed by atoms with E-state index in [4.69, 9.17) is 1.37 Å². The van der Waals surface area contributed by atoms with E-state index in [1.54, 1.807) is 0 Å². The maximum atomic E-state index is 11.4. The van der Waals surface area contributed by atoms with Crippen LogP contribution in [-0.4, -0.2) is 23.7 Å². The monoisotopic (exact) mass is 289 g/mol. The SMILES string of the molecule is [2H]c1cc([C@@H]2NCCC[C@@H]2C(=O)O)ccc1NC1CCCC1. The van der Waals surface area contributed by atoms with Gasteiger partial charge in [-0.2, -0.15) is 0 Å². The van der Waals surface area contributed by atoms with Crippen LogP contribution < -0.4 is 10.6 Å². The fourth-order valence-electron chi connectivity index (χ4n) is 3.51. The Morgan fingerprint density at radius 3 is 2.76 bits per heavy atom. The van der Waals surface area contributed by atoms with Gasteiger partial charge in [0.05, 0.1) is 7.29 Å². The van der Waals surface area contributed by atoms with E-state index in [0.29, 0.717) is 18.5 Å². The van der Waals surface area contributed by atoms with Crippen molar-refractivity contribution in [2.24, 2.45) is 5.92 Å². The molecule has 1 aromatic rings. The van der Waals surface area contributed by atoms with E-state index in [0.717, 1.165) is 24.2 Å². The molecule has 0 radical (unpaired) electrons. The van der Waals surface area contributed by atoms with Gasteiger partial charge in [0.1, 0.15) is 0 Å². The fraction of sp³-hybridized carbons (Fsp3) is 0.588. The summed E-state index contributed by atoms with van der Waals surface area (Å²) in [4.78, 5) is 11.4. The van der Waals surface area contributed by atoms with Crippen molar-refractivity contribution in [3.63, 3.8) is 0 Å². The van der Waals surface area contributed by atoms with Gasteiger partial charge in [0.15, 0.2) is 0 Å². The zero-order valence-electron chi connectivity index (χ0n) is 13.3. The molecule has 1 aliphatic heterocycles. The van der Waals surface area contributed by atoms with Crippen LogP contribution in [0.2, 0.25) is 0 Å². The molecule has 1 saturated heterocycles. The van der Waals surface area contributed by atoms with Gasteiger partial charge in [-0.3, -0.25) is 4.79 Å². The Morgan fingerprint density at radius 1 is 1.24 bits per heavy atom. The van der Waals surface area contributed by atoms with Crippen molar-refractivity contribution >= 4 is 11.7 Å². The minimum Gasteiger partial charge on any atom is -0.481 e. The van der Waals surface area contributed by atoms with Crippen molar-refractivity contribution in [2.75, 3.05) is 11.9 Å². The van der Waals surface area contributed by atoms with E-state index < -0.39 is 11.9 Å². The second-order valence-corrected chi connectivity index (χ2v) is 6.18. The topological polar surface area (TPSA) is 61.4 Å². The van der Waals surface area contributed by atoms with Crippen LogP contribution in [0, 0.1) is 5.92 Å². The standard InChI is InChI=1S/C17H24N2O2/c20-17(21)15-6-3-11-18-16(15)12-7-9-14(10-8-12)19-13-4-1-2-5-13/h7-10,13,15-16,18-19H,1-6,11H2,(H,20,21)/t15-,16-/m0/s1/i9D. The van der Waals surface area contributed by atoms with Crippen molar-refractivity contribution in [2.45, 2.75) is 50.6 Å². The van der Waals surface area contributed by atoms with Crippen molar-refractivity contribution in [3.8, 4) is 0 Å². The van der Waals surface area contributed by atoms with Gasteiger partial charge in [0.2, 0.25) is 0 Å². The molecule has 114 valence electrons. The quantitative estimate of drug-likeness (QED) is 0.797. The van der Waals surface area contributed by atoms with Crippen molar-refractivity contribution < 1.29 is 11.3 Å². The lowest BCUT2D eigenvalue weighted by atomic mass is 9.86. The lowest BCUT2D eigenvalue weighted by Crippen LogP contribution is -2.38. The number of anilines is 1. The Labute approximate surface area is 127 Å². The molecule has 1 aromatic carbocycles. The summed E-state index contributed by atoms with van der Waals surface area (Å²) in [5, 5.41) is 16.1. The van der Waals surface area contributed by atoms with Crippen LogP contribution in [-0.2, 0) is 4.79 Å². The highest BCUT2D eigenvalue weighted by Gasteiger charge is 2.31. The van der Waals surface area contributed by atoms with Gasteiger partial charge in [0, 0.05) is 17.8 Å². The van der Waals surface area contributed by atoms with Crippen LogP contribution in [0.3, 0.4) is 0 Å². The highest BCUT2D eigenvalue weighted by molar-refractivity contribution is 5.71. The number of rotatable bonds is 4. The maximum absolute atomic E-state index is 11.4. The summed E-state index contributed by atoms with van der Waals surface area (Å²) in [6, 6.07) is 6.47. The van der Waals surface area contributed by atoms with Crippen molar-refractivity contribution in [3.05, 3.63) is 29.8 Å². The molecule has 2 atom stereocenters. The van der Waals surface area contributed by atoms with Gasteiger partial charge >= 0.3 is 5.97 Å². The van der Waals surface area contributed by atoms with Gasteiger partial charge in [-0.1, -0.05) is 25.0 Å². The smallest absolute Gasteiger partial charge is 0.308 e.